The number of carbonyl (C=O) groups is 1. The Bertz CT molecular complexity index is 589. The number of esters is 1. The Kier molecular flexibility index (Phi) is 3.08. The van der Waals surface area contributed by atoms with Crippen LogP contribution in [0.4, 0.5) is 0 Å². The third kappa shape index (κ3) is 2.03. The summed E-state index contributed by atoms with van der Waals surface area (Å²) in [5.74, 6) is 0.0267. The lowest BCUT2D eigenvalue weighted by atomic mass is 9.93. The van der Waals surface area contributed by atoms with Gasteiger partial charge in [0.25, 0.3) is 0 Å². The predicted molar refractivity (Wildman–Crippen MR) is 74.1 cm³/mol. The van der Waals surface area contributed by atoms with Gasteiger partial charge in [0.05, 0.1) is 13.0 Å². The van der Waals surface area contributed by atoms with Gasteiger partial charge in [0.15, 0.2) is 0 Å². The highest BCUT2D eigenvalue weighted by molar-refractivity contribution is 5.80. The van der Waals surface area contributed by atoms with E-state index < -0.39 is 0 Å². The van der Waals surface area contributed by atoms with E-state index in [1.54, 1.807) is 0 Å². The Morgan fingerprint density at radius 3 is 2.32 bits per heavy atom. The third-order valence-electron chi connectivity index (χ3n) is 3.91. The van der Waals surface area contributed by atoms with Crippen LogP contribution in [0.5, 0.6) is 0 Å². The van der Waals surface area contributed by atoms with Crippen LogP contribution in [0, 0.1) is 0 Å². The monoisotopic (exact) mass is 252 g/mol. The van der Waals surface area contributed by atoms with Crippen molar-refractivity contribution in [2.45, 2.75) is 18.3 Å². The van der Waals surface area contributed by atoms with Gasteiger partial charge >= 0.3 is 5.97 Å². The predicted octanol–water partition coefficient (Wildman–Crippen LogP) is 3.48. The van der Waals surface area contributed by atoms with Crippen LogP contribution in [0.3, 0.4) is 0 Å². The minimum atomic E-state index is -0.133. The van der Waals surface area contributed by atoms with Crippen LogP contribution in [-0.2, 0) is 9.53 Å². The number of benzene rings is 2. The van der Waals surface area contributed by atoms with Crippen LogP contribution in [0.2, 0.25) is 0 Å². The molecule has 19 heavy (non-hydrogen) atoms. The molecule has 0 fully saturated rings. The normalized spacial score (nSPS) is 20.9. The van der Waals surface area contributed by atoms with Gasteiger partial charge in [-0.05, 0) is 23.1 Å². The summed E-state index contributed by atoms with van der Waals surface area (Å²) < 4.78 is 4.94. The average Bonchev–Trinajstić information content (AvgIpc) is 2.87. The Morgan fingerprint density at radius 1 is 1.00 bits per heavy atom. The maximum atomic E-state index is 11.9. The molecule has 96 valence electrons. The minimum absolute atomic E-state index is 0.133. The fraction of sp³-hybridized carbons (Fsp3) is 0.235. The first-order valence-electron chi connectivity index (χ1n) is 6.53. The fourth-order valence-corrected chi connectivity index (χ4v) is 3.00. The van der Waals surface area contributed by atoms with E-state index in [4.69, 9.17) is 4.74 Å². The Balaban J connectivity index is 2.04. The van der Waals surface area contributed by atoms with Crippen molar-refractivity contribution in [1.29, 1.82) is 0 Å². The highest BCUT2D eigenvalue weighted by Gasteiger charge is 2.36. The number of rotatable bonds is 2. The second-order valence-corrected chi connectivity index (χ2v) is 4.90. The van der Waals surface area contributed by atoms with E-state index in [1.165, 1.54) is 18.2 Å². The van der Waals surface area contributed by atoms with Gasteiger partial charge in [-0.3, -0.25) is 4.79 Å². The van der Waals surface area contributed by atoms with Crippen molar-refractivity contribution in [3.8, 4) is 0 Å². The first-order valence-corrected chi connectivity index (χ1v) is 6.53. The van der Waals surface area contributed by atoms with Crippen LogP contribution < -0.4 is 0 Å². The molecule has 0 radical (unpaired) electrons. The van der Waals surface area contributed by atoms with E-state index >= 15 is 0 Å². The van der Waals surface area contributed by atoms with Crippen molar-refractivity contribution in [1.82, 2.24) is 0 Å². The molecular weight excluding hydrogens is 236 g/mol. The molecule has 0 saturated heterocycles. The lowest BCUT2D eigenvalue weighted by molar-refractivity contribution is -0.142. The van der Waals surface area contributed by atoms with Crippen LogP contribution in [-0.4, -0.2) is 13.1 Å². The molecular formula is C17H16O2. The summed E-state index contributed by atoms with van der Waals surface area (Å²) in [5, 5.41) is 0. The molecule has 0 N–H and O–H groups in total. The number of ether oxygens (including phenoxy) is 1. The molecule has 1 aliphatic carbocycles. The van der Waals surface area contributed by atoms with Crippen molar-refractivity contribution < 1.29 is 9.53 Å². The van der Waals surface area contributed by atoms with E-state index in [1.807, 2.05) is 36.4 Å². The van der Waals surface area contributed by atoms with Crippen molar-refractivity contribution in [3.63, 3.8) is 0 Å². The van der Waals surface area contributed by atoms with Gasteiger partial charge in [-0.2, -0.15) is 0 Å². The van der Waals surface area contributed by atoms with Gasteiger partial charge in [-0.25, -0.2) is 0 Å². The molecule has 0 aliphatic heterocycles. The quantitative estimate of drug-likeness (QED) is 0.765. The largest absolute Gasteiger partial charge is 0.469 e. The number of hydrogen-bond acceptors (Lipinski definition) is 2. The topological polar surface area (TPSA) is 26.3 Å². The minimum Gasteiger partial charge on any atom is -0.469 e. The highest BCUT2D eigenvalue weighted by Crippen LogP contribution is 2.45. The molecule has 2 aromatic carbocycles. The Hall–Kier alpha value is -2.09. The van der Waals surface area contributed by atoms with Crippen molar-refractivity contribution >= 4 is 5.97 Å². The van der Waals surface area contributed by atoms with Crippen LogP contribution >= 0.6 is 0 Å². The van der Waals surface area contributed by atoms with Crippen molar-refractivity contribution in [2.75, 3.05) is 7.11 Å². The maximum absolute atomic E-state index is 11.9. The summed E-state index contributed by atoms with van der Waals surface area (Å²) in [6.07, 6.45) is 0.802. The molecule has 3 rings (SSSR count). The molecule has 2 atom stereocenters. The van der Waals surface area contributed by atoms with E-state index in [0.717, 1.165) is 12.0 Å². The zero-order valence-corrected chi connectivity index (χ0v) is 10.9. The maximum Gasteiger partial charge on any atom is 0.313 e. The summed E-state index contributed by atoms with van der Waals surface area (Å²) >= 11 is 0. The zero-order chi connectivity index (χ0) is 13.2. The van der Waals surface area contributed by atoms with E-state index in [2.05, 4.69) is 18.2 Å². The molecule has 0 unspecified atom stereocenters. The first-order chi connectivity index (χ1) is 9.31. The molecule has 0 spiro atoms. The summed E-state index contributed by atoms with van der Waals surface area (Å²) in [5.41, 5.74) is 3.63. The second kappa shape index (κ2) is 4.88. The highest BCUT2D eigenvalue weighted by atomic mass is 16.5. The smallest absolute Gasteiger partial charge is 0.313 e. The van der Waals surface area contributed by atoms with E-state index in [9.17, 15) is 4.79 Å². The summed E-state index contributed by atoms with van der Waals surface area (Å²) in [4.78, 5) is 11.9. The van der Waals surface area contributed by atoms with Crippen molar-refractivity contribution in [2.24, 2.45) is 0 Å². The number of hydrogen-bond donors (Lipinski definition) is 0. The SMILES string of the molecule is COC(=O)[C@@H]1C[C@H](c2ccccc2)c2ccccc21. The average molecular weight is 252 g/mol. The Morgan fingerprint density at radius 2 is 1.63 bits per heavy atom. The Labute approximate surface area is 113 Å². The number of fused-ring (bicyclic) bond motifs is 1. The zero-order valence-electron chi connectivity index (χ0n) is 10.9. The lowest BCUT2D eigenvalue weighted by Crippen LogP contribution is -2.11. The molecule has 2 nitrogen and oxygen atoms in total. The summed E-state index contributed by atoms with van der Waals surface area (Å²) in [7, 11) is 1.46. The number of methoxy groups -OCH3 is 1. The molecule has 0 aromatic heterocycles. The second-order valence-electron chi connectivity index (χ2n) is 4.90. The van der Waals surface area contributed by atoms with Crippen molar-refractivity contribution in [3.05, 3.63) is 71.3 Å². The summed E-state index contributed by atoms with van der Waals surface area (Å²) in [6.45, 7) is 0. The molecule has 0 saturated carbocycles. The van der Waals surface area contributed by atoms with Gasteiger partial charge in [0, 0.05) is 5.92 Å². The van der Waals surface area contributed by atoms with Gasteiger partial charge in [0.2, 0.25) is 0 Å². The van der Waals surface area contributed by atoms with Gasteiger partial charge in [0.1, 0.15) is 0 Å². The van der Waals surface area contributed by atoms with Crippen LogP contribution in [0.25, 0.3) is 0 Å². The van der Waals surface area contributed by atoms with Crippen LogP contribution in [0.1, 0.15) is 34.9 Å². The van der Waals surface area contributed by atoms with E-state index in [-0.39, 0.29) is 11.9 Å². The summed E-state index contributed by atoms with van der Waals surface area (Å²) in [6, 6.07) is 18.5. The van der Waals surface area contributed by atoms with Gasteiger partial charge in [-0.1, -0.05) is 54.6 Å². The first kappa shape index (κ1) is 12.0. The lowest BCUT2D eigenvalue weighted by Gasteiger charge is -2.11. The third-order valence-corrected chi connectivity index (χ3v) is 3.91. The number of carbonyl (C=O) groups excluding carboxylic acids is 1. The fourth-order valence-electron chi connectivity index (χ4n) is 3.00. The molecule has 0 heterocycles. The van der Waals surface area contributed by atoms with E-state index in [0.29, 0.717) is 5.92 Å². The molecule has 2 aromatic rings. The van der Waals surface area contributed by atoms with Gasteiger partial charge in [-0.15, -0.1) is 0 Å². The molecule has 0 amide bonds. The molecule has 2 heteroatoms. The van der Waals surface area contributed by atoms with Gasteiger partial charge < -0.3 is 4.74 Å². The standard InChI is InChI=1S/C17H16O2/c1-19-17(18)16-11-15(12-7-3-2-4-8-12)13-9-5-6-10-14(13)16/h2-10,15-16H,11H2,1H3/t15-,16-/m1/s1. The molecule has 1 aliphatic rings. The van der Waals surface area contributed by atoms with Crippen LogP contribution in [0.15, 0.2) is 54.6 Å². The molecule has 0 bridgehead atoms.